The molecule has 2 heteroatoms. The molecular weight excluding hydrogens is 278 g/mol. The Bertz CT molecular complexity index is 610. The highest BCUT2D eigenvalue weighted by Crippen LogP contribution is 2.28. The summed E-state index contributed by atoms with van der Waals surface area (Å²) in [6, 6.07) is 12.2. The first kappa shape index (κ1) is 15.2. The standard InChI is InChI=1S/C20H22F2/c21-19-8-4-7-18(20(19)22)17-13-11-16(12-14-17)10-9-15-5-2-1-3-6-15/h4,7-8,11-15H,1-3,5-6,9-10H2. The van der Waals surface area contributed by atoms with Crippen LogP contribution < -0.4 is 0 Å². The van der Waals surface area contributed by atoms with Gasteiger partial charge in [-0.3, -0.25) is 0 Å². The molecule has 1 aliphatic rings. The predicted molar refractivity (Wildman–Crippen MR) is 86.7 cm³/mol. The molecule has 116 valence electrons. The molecule has 0 aromatic heterocycles. The third-order valence-electron chi connectivity index (χ3n) is 4.78. The molecule has 3 rings (SSSR count). The lowest BCUT2D eigenvalue weighted by molar-refractivity contribution is 0.339. The highest BCUT2D eigenvalue weighted by atomic mass is 19.2. The quantitative estimate of drug-likeness (QED) is 0.635. The van der Waals surface area contributed by atoms with Crippen molar-refractivity contribution in [3.8, 4) is 11.1 Å². The van der Waals surface area contributed by atoms with E-state index in [0.29, 0.717) is 5.56 Å². The van der Waals surface area contributed by atoms with E-state index in [4.69, 9.17) is 0 Å². The van der Waals surface area contributed by atoms with Gasteiger partial charge in [0.1, 0.15) is 0 Å². The van der Waals surface area contributed by atoms with E-state index in [1.807, 2.05) is 24.3 Å². The van der Waals surface area contributed by atoms with E-state index in [1.54, 1.807) is 12.1 Å². The maximum Gasteiger partial charge on any atom is 0.166 e. The Kier molecular flexibility index (Phi) is 4.87. The zero-order valence-corrected chi connectivity index (χ0v) is 12.8. The maximum atomic E-state index is 13.8. The summed E-state index contributed by atoms with van der Waals surface area (Å²) >= 11 is 0. The molecule has 0 heterocycles. The van der Waals surface area contributed by atoms with Crippen molar-refractivity contribution in [1.29, 1.82) is 0 Å². The number of hydrogen-bond acceptors (Lipinski definition) is 0. The van der Waals surface area contributed by atoms with Gasteiger partial charge in [-0.15, -0.1) is 0 Å². The summed E-state index contributed by atoms with van der Waals surface area (Å²) in [7, 11) is 0. The normalized spacial score (nSPS) is 15.9. The lowest BCUT2D eigenvalue weighted by atomic mass is 9.85. The minimum Gasteiger partial charge on any atom is -0.204 e. The van der Waals surface area contributed by atoms with E-state index in [-0.39, 0.29) is 0 Å². The van der Waals surface area contributed by atoms with E-state index in [9.17, 15) is 8.78 Å². The number of hydrogen-bond donors (Lipinski definition) is 0. The van der Waals surface area contributed by atoms with Gasteiger partial charge in [0.25, 0.3) is 0 Å². The lowest BCUT2D eigenvalue weighted by Crippen LogP contribution is -2.07. The first-order valence-electron chi connectivity index (χ1n) is 8.27. The Morgan fingerprint density at radius 2 is 1.59 bits per heavy atom. The van der Waals surface area contributed by atoms with Crippen LogP contribution in [0.2, 0.25) is 0 Å². The monoisotopic (exact) mass is 300 g/mol. The number of rotatable bonds is 4. The van der Waals surface area contributed by atoms with Crippen LogP contribution in [0, 0.1) is 17.6 Å². The molecule has 0 aliphatic heterocycles. The molecule has 0 spiro atoms. The van der Waals surface area contributed by atoms with Crippen LogP contribution >= 0.6 is 0 Å². The molecule has 0 N–H and O–H groups in total. The number of benzene rings is 2. The van der Waals surface area contributed by atoms with E-state index in [1.165, 1.54) is 44.1 Å². The predicted octanol–water partition coefficient (Wildman–Crippen LogP) is 6.14. The fourth-order valence-electron chi connectivity index (χ4n) is 3.42. The van der Waals surface area contributed by atoms with Crippen molar-refractivity contribution in [1.82, 2.24) is 0 Å². The van der Waals surface area contributed by atoms with Crippen molar-refractivity contribution in [2.45, 2.75) is 44.9 Å². The number of halogens is 2. The van der Waals surface area contributed by atoms with Gasteiger partial charge in [-0.2, -0.15) is 0 Å². The number of aryl methyl sites for hydroxylation is 1. The Balaban J connectivity index is 1.66. The molecule has 0 unspecified atom stereocenters. The van der Waals surface area contributed by atoms with Gasteiger partial charge < -0.3 is 0 Å². The fraction of sp³-hybridized carbons (Fsp3) is 0.400. The summed E-state index contributed by atoms with van der Waals surface area (Å²) < 4.78 is 27.1. The molecule has 0 amide bonds. The van der Waals surface area contributed by atoms with Crippen molar-refractivity contribution in [2.24, 2.45) is 5.92 Å². The molecule has 22 heavy (non-hydrogen) atoms. The van der Waals surface area contributed by atoms with Crippen molar-refractivity contribution >= 4 is 0 Å². The molecule has 0 radical (unpaired) electrons. The zero-order chi connectivity index (χ0) is 15.4. The van der Waals surface area contributed by atoms with Gasteiger partial charge in [0, 0.05) is 5.56 Å². The van der Waals surface area contributed by atoms with Crippen LogP contribution in [-0.4, -0.2) is 0 Å². The van der Waals surface area contributed by atoms with Crippen LogP contribution in [-0.2, 0) is 6.42 Å². The average molecular weight is 300 g/mol. The smallest absolute Gasteiger partial charge is 0.166 e. The Labute approximate surface area is 131 Å². The second-order valence-electron chi connectivity index (χ2n) is 6.34. The van der Waals surface area contributed by atoms with Crippen molar-refractivity contribution in [3.05, 3.63) is 59.7 Å². The third-order valence-corrected chi connectivity index (χ3v) is 4.78. The van der Waals surface area contributed by atoms with Gasteiger partial charge >= 0.3 is 0 Å². The SMILES string of the molecule is Fc1cccc(-c2ccc(CCC3CCCCC3)cc2)c1F. The van der Waals surface area contributed by atoms with Gasteiger partial charge in [-0.1, -0.05) is 68.5 Å². The first-order valence-corrected chi connectivity index (χ1v) is 8.27. The van der Waals surface area contributed by atoms with Crippen LogP contribution in [0.3, 0.4) is 0 Å². The minimum atomic E-state index is -0.793. The molecule has 0 nitrogen and oxygen atoms in total. The van der Waals surface area contributed by atoms with Gasteiger partial charge in [0.2, 0.25) is 0 Å². The molecule has 1 aliphatic carbocycles. The minimum absolute atomic E-state index is 0.332. The van der Waals surface area contributed by atoms with Crippen LogP contribution in [0.15, 0.2) is 42.5 Å². The largest absolute Gasteiger partial charge is 0.204 e. The first-order chi connectivity index (χ1) is 10.7. The summed E-state index contributed by atoms with van der Waals surface area (Å²) in [6.45, 7) is 0. The van der Waals surface area contributed by atoms with Crippen molar-refractivity contribution < 1.29 is 8.78 Å². The summed E-state index contributed by atoms with van der Waals surface area (Å²) in [5.41, 5.74) is 2.35. The van der Waals surface area contributed by atoms with E-state index in [2.05, 4.69) is 0 Å². The third kappa shape index (κ3) is 3.55. The van der Waals surface area contributed by atoms with Crippen LogP contribution in [0.1, 0.15) is 44.1 Å². The maximum absolute atomic E-state index is 13.8. The molecular formula is C20H22F2. The highest BCUT2D eigenvalue weighted by molar-refractivity contribution is 5.64. The van der Waals surface area contributed by atoms with Gasteiger partial charge in [-0.05, 0) is 36.0 Å². The van der Waals surface area contributed by atoms with Gasteiger partial charge in [0.05, 0.1) is 0 Å². The molecule has 0 atom stereocenters. The highest BCUT2D eigenvalue weighted by Gasteiger charge is 2.13. The summed E-state index contributed by atoms with van der Waals surface area (Å²) in [5, 5.41) is 0. The van der Waals surface area contributed by atoms with E-state index < -0.39 is 11.6 Å². The Hall–Kier alpha value is -1.70. The van der Waals surface area contributed by atoms with Crippen molar-refractivity contribution in [3.63, 3.8) is 0 Å². The molecule has 2 aromatic carbocycles. The summed E-state index contributed by atoms with van der Waals surface area (Å²) in [6.07, 6.45) is 9.21. The van der Waals surface area contributed by atoms with E-state index in [0.717, 1.165) is 24.0 Å². The average Bonchev–Trinajstić information content (AvgIpc) is 2.57. The Morgan fingerprint density at radius 3 is 2.32 bits per heavy atom. The van der Waals surface area contributed by atoms with Gasteiger partial charge in [-0.25, -0.2) is 8.78 Å². The molecule has 2 aromatic rings. The van der Waals surface area contributed by atoms with Gasteiger partial charge in [0.15, 0.2) is 11.6 Å². The molecule has 1 fully saturated rings. The second-order valence-corrected chi connectivity index (χ2v) is 6.34. The zero-order valence-electron chi connectivity index (χ0n) is 12.8. The molecule has 0 saturated heterocycles. The second kappa shape index (κ2) is 7.04. The van der Waals surface area contributed by atoms with Crippen LogP contribution in [0.4, 0.5) is 8.78 Å². The summed E-state index contributed by atoms with van der Waals surface area (Å²) in [4.78, 5) is 0. The fourth-order valence-corrected chi connectivity index (χ4v) is 3.42. The van der Waals surface area contributed by atoms with Crippen LogP contribution in [0.5, 0.6) is 0 Å². The van der Waals surface area contributed by atoms with Crippen molar-refractivity contribution in [2.75, 3.05) is 0 Å². The molecule has 0 bridgehead atoms. The molecule has 1 saturated carbocycles. The van der Waals surface area contributed by atoms with E-state index >= 15 is 0 Å². The topological polar surface area (TPSA) is 0 Å². The summed E-state index contributed by atoms with van der Waals surface area (Å²) in [5.74, 6) is -0.689. The van der Waals surface area contributed by atoms with Crippen LogP contribution in [0.25, 0.3) is 11.1 Å². The Morgan fingerprint density at radius 1 is 0.864 bits per heavy atom. The lowest BCUT2D eigenvalue weighted by Gasteiger charge is -2.21.